The summed E-state index contributed by atoms with van der Waals surface area (Å²) in [6.45, 7) is 2.77. The van der Waals surface area contributed by atoms with Crippen LogP contribution in [0.4, 0.5) is 4.39 Å². The van der Waals surface area contributed by atoms with E-state index in [0.717, 1.165) is 23.1 Å². The minimum Gasteiger partial charge on any atom is -0.492 e. The monoisotopic (exact) mass is 306 g/mol. The highest BCUT2D eigenvalue weighted by Crippen LogP contribution is 2.25. The Balaban J connectivity index is 2.39. The van der Waals surface area contributed by atoms with Crippen LogP contribution in [0.3, 0.4) is 0 Å². The zero-order chi connectivity index (χ0) is 12.0. The molecule has 0 aliphatic heterocycles. The van der Waals surface area contributed by atoms with Crippen LogP contribution >= 0.6 is 28.6 Å². The van der Waals surface area contributed by atoms with E-state index >= 15 is 0 Å². The molecule has 0 spiro atoms. The minimum atomic E-state index is -0.276. The van der Waals surface area contributed by atoms with Crippen molar-refractivity contribution in [2.75, 3.05) is 12.4 Å². The molecule has 1 aromatic rings. The normalized spacial score (nSPS) is 12.5. The van der Waals surface area contributed by atoms with Crippen molar-refractivity contribution in [1.82, 2.24) is 0 Å². The van der Waals surface area contributed by atoms with Crippen LogP contribution in [0.2, 0.25) is 0 Å². The van der Waals surface area contributed by atoms with Crippen LogP contribution in [-0.2, 0) is 0 Å². The van der Waals surface area contributed by atoms with Gasteiger partial charge in [0, 0.05) is 6.07 Å². The van der Waals surface area contributed by atoms with Gasteiger partial charge in [0.2, 0.25) is 0 Å². The van der Waals surface area contributed by atoms with Gasteiger partial charge in [-0.2, -0.15) is 12.6 Å². The second-order valence-corrected chi connectivity index (χ2v) is 5.13. The lowest BCUT2D eigenvalue weighted by Crippen LogP contribution is -2.05. The molecular weight excluding hydrogens is 291 g/mol. The van der Waals surface area contributed by atoms with Gasteiger partial charge in [-0.05, 0) is 52.6 Å². The van der Waals surface area contributed by atoms with Gasteiger partial charge in [-0.15, -0.1) is 0 Å². The maximum absolute atomic E-state index is 12.9. The Hall–Kier alpha value is -0.220. The molecule has 0 aromatic heterocycles. The van der Waals surface area contributed by atoms with Crippen LogP contribution in [-0.4, -0.2) is 12.4 Å². The summed E-state index contributed by atoms with van der Waals surface area (Å²) in [5.41, 5.74) is 0. The van der Waals surface area contributed by atoms with Crippen molar-refractivity contribution in [1.29, 1.82) is 0 Å². The van der Waals surface area contributed by atoms with Gasteiger partial charge in [-0.25, -0.2) is 4.39 Å². The molecule has 0 saturated heterocycles. The Bertz CT molecular complexity index is 333. The number of thiol groups is 1. The molecule has 0 heterocycles. The lowest BCUT2D eigenvalue weighted by molar-refractivity contribution is 0.279. The lowest BCUT2D eigenvalue weighted by Gasteiger charge is -2.12. The number of hydrogen-bond acceptors (Lipinski definition) is 2. The van der Waals surface area contributed by atoms with Crippen molar-refractivity contribution in [3.63, 3.8) is 0 Å². The molecule has 1 aromatic carbocycles. The standard InChI is InChI=1S/C12H16BrFOS/c1-9(5-7-16)4-6-15-12-8-10(14)2-3-11(12)13/h2-3,8-9,16H,4-7H2,1H3. The highest BCUT2D eigenvalue weighted by atomic mass is 79.9. The van der Waals surface area contributed by atoms with Gasteiger partial charge in [0.05, 0.1) is 11.1 Å². The molecule has 1 atom stereocenters. The Kier molecular flexibility index (Phi) is 6.21. The summed E-state index contributed by atoms with van der Waals surface area (Å²) in [4.78, 5) is 0. The molecule has 1 unspecified atom stereocenters. The van der Waals surface area contributed by atoms with Crippen molar-refractivity contribution in [2.45, 2.75) is 19.8 Å². The first-order valence-electron chi connectivity index (χ1n) is 5.32. The third kappa shape index (κ3) is 4.74. The summed E-state index contributed by atoms with van der Waals surface area (Å²) < 4.78 is 19.3. The van der Waals surface area contributed by atoms with E-state index in [4.69, 9.17) is 4.74 Å². The summed E-state index contributed by atoms with van der Waals surface area (Å²) in [5.74, 6) is 1.77. The van der Waals surface area contributed by atoms with E-state index in [1.54, 1.807) is 6.07 Å². The molecule has 0 fully saturated rings. The van der Waals surface area contributed by atoms with E-state index in [1.807, 2.05) is 0 Å². The zero-order valence-corrected chi connectivity index (χ0v) is 11.7. The largest absolute Gasteiger partial charge is 0.492 e. The van der Waals surface area contributed by atoms with Crippen LogP contribution in [0.15, 0.2) is 22.7 Å². The van der Waals surface area contributed by atoms with Crippen LogP contribution in [0, 0.1) is 11.7 Å². The number of benzene rings is 1. The smallest absolute Gasteiger partial charge is 0.136 e. The molecule has 1 nitrogen and oxygen atoms in total. The first kappa shape index (κ1) is 13.8. The molecule has 0 N–H and O–H groups in total. The van der Waals surface area contributed by atoms with Crippen LogP contribution < -0.4 is 4.74 Å². The quantitative estimate of drug-likeness (QED) is 0.770. The Morgan fingerprint density at radius 3 is 2.88 bits per heavy atom. The summed E-state index contributed by atoms with van der Waals surface area (Å²) in [6.07, 6.45) is 2.04. The number of ether oxygens (including phenoxy) is 1. The van der Waals surface area contributed by atoms with E-state index in [0.29, 0.717) is 18.3 Å². The third-order valence-corrected chi connectivity index (χ3v) is 3.30. The van der Waals surface area contributed by atoms with Crippen molar-refractivity contribution in [2.24, 2.45) is 5.92 Å². The van der Waals surface area contributed by atoms with Crippen molar-refractivity contribution in [3.05, 3.63) is 28.5 Å². The van der Waals surface area contributed by atoms with Gasteiger partial charge in [-0.1, -0.05) is 6.92 Å². The third-order valence-electron chi connectivity index (χ3n) is 2.38. The van der Waals surface area contributed by atoms with Crippen molar-refractivity contribution >= 4 is 28.6 Å². The van der Waals surface area contributed by atoms with Gasteiger partial charge < -0.3 is 4.74 Å². The predicted molar refractivity (Wildman–Crippen MR) is 71.8 cm³/mol. The van der Waals surface area contributed by atoms with E-state index in [2.05, 4.69) is 35.5 Å². The predicted octanol–water partition coefficient (Wildman–Crippen LogP) is 4.31. The van der Waals surface area contributed by atoms with E-state index in [-0.39, 0.29) is 5.82 Å². The maximum Gasteiger partial charge on any atom is 0.136 e. The van der Waals surface area contributed by atoms with Crippen LogP contribution in [0.25, 0.3) is 0 Å². The van der Waals surface area contributed by atoms with E-state index in [9.17, 15) is 4.39 Å². The maximum atomic E-state index is 12.9. The molecule has 0 radical (unpaired) electrons. The molecule has 0 aliphatic carbocycles. The fraction of sp³-hybridized carbons (Fsp3) is 0.500. The summed E-state index contributed by atoms with van der Waals surface area (Å²) >= 11 is 7.51. The number of halogens is 2. The fourth-order valence-electron chi connectivity index (χ4n) is 1.32. The average molecular weight is 307 g/mol. The van der Waals surface area contributed by atoms with Gasteiger partial charge in [-0.3, -0.25) is 0 Å². The van der Waals surface area contributed by atoms with Crippen LogP contribution in [0.5, 0.6) is 5.75 Å². The van der Waals surface area contributed by atoms with E-state index < -0.39 is 0 Å². The molecule has 0 amide bonds. The number of hydrogen-bond donors (Lipinski definition) is 1. The second-order valence-electron chi connectivity index (χ2n) is 3.83. The highest BCUT2D eigenvalue weighted by Gasteiger charge is 2.05. The molecule has 1 rings (SSSR count). The Morgan fingerprint density at radius 2 is 2.19 bits per heavy atom. The van der Waals surface area contributed by atoms with Gasteiger partial charge in [0.15, 0.2) is 0 Å². The average Bonchev–Trinajstić information content (AvgIpc) is 2.23. The van der Waals surface area contributed by atoms with Crippen molar-refractivity contribution < 1.29 is 9.13 Å². The molecule has 0 saturated carbocycles. The molecule has 90 valence electrons. The Morgan fingerprint density at radius 1 is 1.44 bits per heavy atom. The lowest BCUT2D eigenvalue weighted by atomic mass is 10.1. The zero-order valence-electron chi connectivity index (χ0n) is 9.25. The first-order chi connectivity index (χ1) is 7.63. The van der Waals surface area contributed by atoms with Gasteiger partial charge in [0.25, 0.3) is 0 Å². The first-order valence-corrected chi connectivity index (χ1v) is 6.74. The van der Waals surface area contributed by atoms with Crippen LogP contribution in [0.1, 0.15) is 19.8 Å². The molecule has 16 heavy (non-hydrogen) atoms. The molecule has 0 aliphatic rings. The van der Waals surface area contributed by atoms with Gasteiger partial charge >= 0.3 is 0 Å². The molecule has 4 heteroatoms. The molecule has 0 bridgehead atoms. The van der Waals surface area contributed by atoms with Gasteiger partial charge in [0.1, 0.15) is 11.6 Å². The highest BCUT2D eigenvalue weighted by molar-refractivity contribution is 9.10. The Labute approximate surface area is 110 Å². The SMILES string of the molecule is CC(CCS)CCOc1cc(F)ccc1Br. The van der Waals surface area contributed by atoms with Crippen molar-refractivity contribution in [3.8, 4) is 5.75 Å². The summed E-state index contributed by atoms with van der Waals surface area (Å²) in [7, 11) is 0. The molecular formula is C12H16BrFOS. The summed E-state index contributed by atoms with van der Waals surface area (Å²) in [5, 5.41) is 0. The second kappa shape index (κ2) is 7.17. The number of rotatable bonds is 6. The topological polar surface area (TPSA) is 9.23 Å². The van der Waals surface area contributed by atoms with E-state index in [1.165, 1.54) is 12.1 Å². The summed E-state index contributed by atoms with van der Waals surface area (Å²) in [6, 6.07) is 4.45. The fourth-order valence-corrected chi connectivity index (χ4v) is 2.12. The minimum absolute atomic E-state index is 0.276.